The summed E-state index contributed by atoms with van der Waals surface area (Å²) in [7, 11) is 3.22. The third-order valence-electron chi connectivity index (χ3n) is 2.90. The van der Waals surface area contributed by atoms with Crippen LogP contribution in [0.3, 0.4) is 0 Å². The van der Waals surface area contributed by atoms with E-state index in [1.54, 1.807) is 43.4 Å². The minimum absolute atomic E-state index is 0.0380. The molecule has 0 aromatic heterocycles. The van der Waals surface area contributed by atoms with Crippen molar-refractivity contribution in [1.82, 2.24) is 4.90 Å². The number of hydrogen-bond acceptors (Lipinski definition) is 4. The van der Waals surface area contributed by atoms with Crippen molar-refractivity contribution in [1.29, 1.82) is 0 Å². The van der Waals surface area contributed by atoms with Crippen LogP contribution in [0.2, 0.25) is 0 Å². The van der Waals surface area contributed by atoms with E-state index in [0.717, 1.165) is 0 Å². The molecule has 6 nitrogen and oxygen atoms in total. The molecule has 0 heterocycles. The van der Waals surface area contributed by atoms with Gasteiger partial charge in [-0.1, -0.05) is 0 Å². The van der Waals surface area contributed by atoms with E-state index in [9.17, 15) is 4.79 Å². The third-order valence-corrected chi connectivity index (χ3v) is 2.90. The van der Waals surface area contributed by atoms with Crippen LogP contribution in [0.5, 0.6) is 0 Å². The van der Waals surface area contributed by atoms with Crippen molar-refractivity contribution in [2.45, 2.75) is 13.0 Å². The SMILES string of the molecule is COCCN(C(=O)Nc1ccc(N)cc1)C(C)COC. The largest absolute Gasteiger partial charge is 0.399 e. The molecule has 1 aromatic rings. The Hall–Kier alpha value is -1.79. The zero-order valence-corrected chi connectivity index (χ0v) is 12.3. The molecule has 0 saturated carbocycles. The van der Waals surface area contributed by atoms with Crippen LogP contribution >= 0.6 is 0 Å². The molecular weight excluding hydrogens is 258 g/mol. The van der Waals surface area contributed by atoms with Crippen molar-refractivity contribution in [2.75, 3.05) is 45.0 Å². The fourth-order valence-electron chi connectivity index (χ4n) is 1.80. The molecule has 1 aromatic carbocycles. The van der Waals surface area contributed by atoms with Crippen molar-refractivity contribution in [3.8, 4) is 0 Å². The second kappa shape index (κ2) is 8.39. The first-order chi connectivity index (χ1) is 9.58. The highest BCUT2D eigenvalue weighted by Crippen LogP contribution is 2.12. The molecule has 6 heteroatoms. The molecule has 0 aliphatic rings. The first-order valence-electron chi connectivity index (χ1n) is 6.49. The number of methoxy groups -OCH3 is 2. The fourth-order valence-corrected chi connectivity index (χ4v) is 1.80. The molecule has 0 spiro atoms. The van der Waals surface area contributed by atoms with Gasteiger partial charge in [0, 0.05) is 32.1 Å². The Morgan fingerprint density at radius 3 is 2.50 bits per heavy atom. The highest BCUT2D eigenvalue weighted by Gasteiger charge is 2.19. The maximum atomic E-state index is 12.3. The molecule has 112 valence electrons. The van der Waals surface area contributed by atoms with Crippen LogP contribution in [0.1, 0.15) is 6.92 Å². The van der Waals surface area contributed by atoms with Gasteiger partial charge in [-0.25, -0.2) is 4.79 Å². The van der Waals surface area contributed by atoms with Crippen molar-refractivity contribution in [3.05, 3.63) is 24.3 Å². The molecule has 0 bridgehead atoms. The van der Waals surface area contributed by atoms with Gasteiger partial charge in [0.1, 0.15) is 0 Å². The molecule has 2 amide bonds. The Labute approximate surface area is 119 Å². The van der Waals surface area contributed by atoms with E-state index in [0.29, 0.717) is 31.1 Å². The number of anilines is 2. The van der Waals surface area contributed by atoms with Crippen molar-refractivity contribution in [2.24, 2.45) is 0 Å². The predicted octanol–water partition coefficient (Wildman–Crippen LogP) is 1.78. The maximum Gasteiger partial charge on any atom is 0.322 e. The molecule has 0 fully saturated rings. The Kier molecular flexibility index (Phi) is 6.83. The minimum Gasteiger partial charge on any atom is -0.399 e. The van der Waals surface area contributed by atoms with Gasteiger partial charge in [0.25, 0.3) is 0 Å². The molecule has 0 aliphatic carbocycles. The molecule has 1 atom stereocenters. The van der Waals surface area contributed by atoms with E-state index in [-0.39, 0.29) is 12.1 Å². The van der Waals surface area contributed by atoms with E-state index < -0.39 is 0 Å². The van der Waals surface area contributed by atoms with Gasteiger partial charge in [0.15, 0.2) is 0 Å². The van der Waals surface area contributed by atoms with E-state index in [1.807, 2.05) is 6.92 Å². The van der Waals surface area contributed by atoms with Gasteiger partial charge in [-0.05, 0) is 31.2 Å². The number of nitrogens with zero attached hydrogens (tertiary/aromatic N) is 1. The number of nitrogens with one attached hydrogen (secondary N) is 1. The molecule has 1 rings (SSSR count). The molecule has 0 radical (unpaired) electrons. The number of benzene rings is 1. The molecule has 3 N–H and O–H groups in total. The predicted molar refractivity (Wildman–Crippen MR) is 79.8 cm³/mol. The summed E-state index contributed by atoms with van der Waals surface area (Å²) in [6.45, 7) is 3.38. The Bertz CT molecular complexity index is 409. The second-order valence-electron chi connectivity index (χ2n) is 4.54. The Morgan fingerprint density at radius 2 is 1.95 bits per heavy atom. The van der Waals surface area contributed by atoms with E-state index in [2.05, 4.69) is 5.32 Å². The lowest BCUT2D eigenvalue weighted by Crippen LogP contribution is -2.45. The zero-order valence-electron chi connectivity index (χ0n) is 12.3. The smallest absolute Gasteiger partial charge is 0.322 e. The molecule has 20 heavy (non-hydrogen) atoms. The first-order valence-corrected chi connectivity index (χ1v) is 6.49. The highest BCUT2D eigenvalue weighted by molar-refractivity contribution is 5.89. The number of amides is 2. The van der Waals surface area contributed by atoms with Gasteiger partial charge in [0.2, 0.25) is 0 Å². The summed E-state index contributed by atoms with van der Waals surface area (Å²) < 4.78 is 10.1. The van der Waals surface area contributed by atoms with Crippen LogP contribution in [-0.2, 0) is 9.47 Å². The number of carbonyl (C=O) groups is 1. The summed E-state index contributed by atoms with van der Waals surface area (Å²) in [6, 6.07) is 6.80. The zero-order chi connectivity index (χ0) is 15.0. The van der Waals surface area contributed by atoms with Gasteiger partial charge in [0.05, 0.1) is 19.3 Å². The molecule has 0 saturated heterocycles. The summed E-state index contributed by atoms with van der Waals surface area (Å²) >= 11 is 0. The number of hydrogen-bond donors (Lipinski definition) is 2. The normalized spacial score (nSPS) is 11.9. The summed E-state index contributed by atoms with van der Waals surface area (Å²) in [5.74, 6) is 0. The maximum absolute atomic E-state index is 12.3. The van der Waals surface area contributed by atoms with Crippen molar-refractivity contribution in [3.63, 3.8) is 0 Å². The van der Waals surface area contributed by atoms with E-state index in [1.165, 1.54) is 0 Å². The molecule has 0 aliphatic heterocycles. The van der Waals surface area contributed by atoms with Crippen molar-refractivity contribution < 1.29 is 14.3 Å². The van der Waals surface area contributed by atoms with Crippen LogP contribution in [-0.4, -0.2) is 51.0 Å². The Balaban J connectivity index is 2.68. The molecule has 1 unspecified atom stereocenters. The van der Waals surface area contributed by atoms with Gasteiger partial charge in [-0.15, -0.1) is 0 Å². The number of urea groups is 1. The monoisotopic (exact) mass is 281 g/mol. The number of nitrogens with two attached hydrogens (primary N) is 1. The van der Waals surface area contributed by atoms with E-state index >= 15 is 0 Å². The lowest BCUT2D eigenvalue weighted by atomic mass is 10.3. The summed E-state index contributed by atoms with van der Waals surface area (Å²) in [4.78, 5) is 14.0. The van der Waals surface area contributed by atoms with Crippen LogP contribution < -0.4 is 11.1 Å². The van der Waals surface area contributed by atoms with Crippen molar-refractivity contribution >= 4 is 17.4 Å². The average molecular weight is 281 g/mol. The lowest BCUT2D eigenvalue weighted by Gasteiger charge is -2.28. The van der Waals surface area contributed by atoms with Gasteiger partial charge in [-0.3, -0.25) is 0 Å². The van der Waals surface area contributed by atoms with Gasteiger partial charge in [-0.2, -0.15) is 0 Å². The van der Waals surface area contributed by atoms with Gasteiger partial charge >= 0.3 is 6.03 Å². The number of rotatable bonds is 7. The standard InChI is InChI=1S/C14H23N3O3/c1-11(10-20-3)17(8-9-19-2)14(18)16-13-6-4-12(15)5-7-13/h4-7,11H,8-10,15H2,1-3H3,(H,16,18). The quantitative estimate of drug-likeness (QED) is 0.747. The van der Waals surface area contributed by atoms with Crippen LogP contribution in [0.15, 0.2) is 24.3 Å². The molecular formula is C14H23N3O3. The lowest BCUT2D eigenvalue weighted by molar-refractivity contribution is 0.0953. The number of nitrogen functional groups attached to an aromatic ring is 1. The minimum atomic E-state index is -0.184. The summed E-state index contributed by atoms with van der Waals surface area (Å²) in [5, 5.41) is 2.84. The topological polar surface area (TPSA) is 76.8 Å². The number of ether oxygens (including phenoxy) is 2. The number of carbonyl (C=O) groups excluding carboxylic acids is 1. The highest BCUT2D eigenvalue weighted by atomic mass is 16.5. The van der Waals surface area contributed by atoms with Crippen LogP contribution in [0, 0.1) is 0 Å². The first kappa shape index (κ1) is 16.3. The summed E-state index contributed by atoms with van der Waals surface area (Å²) in [6.07, 6.45) is 0. The fraction of sp³-hybridized carbons (Fsp3) is 0.500. The average Bonchev–Trinajstić information content (AvgIpc) is 2.42. The Morgan fingerprint density at radius 1 is 1.30 bits per heavy atom. The summed E-state index contributed by atoms with van der Waals surface area (Å²) in [5.41, 5.74) is 6.98. The second-order valence-corrected chi connectivity index (χ2v) is 4.54. The van der Waals surface area contributed by atoms with Crippen LogP contribution in [0.25, 0.3) is 0 Å². The van der Waals surface area contributed by atoms with Gasteiger partial charge < -0.3 is 25.4 Å². The van der Waals surface area contributed by atoms with Crippen LogP contribution in [0.4, 0.5) is 16.2 Å². The van der Waals surface area contributed by atoms with E-state index in [4.69, 9.17) is 15.2 Å². The third kappa shape index (κ3) is 5.07.